The van der Waals surface area contributed by atoms with Crippen LogP contribution in [0.4, 0.5) is 5.69 Å². The van der Waals surface area contributed by atoms with E-state index in [2.05, 4.69) is 4.72 Å². The number of morpholine rings is 1. The van der Waals surface area contributed by atoms with Crippen LogP contribution in [0.5, 0.6) is 0 Å². The molecule has 0 bridgehead atoms. The third kappa shape index (κ3) is 4.93. The summed E-state index contributed by atoms with van der Waals surface area (Å²) < 4.78 is 33.4. The number of halogens is 2. The summed E-state index contributed by atoms with van der Waals surface area (Å²) in [4.78, 5) is 15.3. The number of nitrogens with one attached hydrogen (secondary N) is 1. The van der Waals surface area contributed by atoms with Gasteiger partial charge in [0.2, 0.25) is 0 Å². The summed E-state index contributed by atoms with van der Waals surface area (Å²) in [5.74, 6) is -0.212. The smallest absolute Gasteiger partial charge is 0.261 e. The maximum Gasteiger partial charge on any atom is 0.261 e. The number of carbonyl (C=O) groups is 1. The minimum absolute atomic E-state index is 0.0157. The Kier molecular flexibility index (Phi) is 6.77. The molecule has 1 fully saturated rings. The van der Waals surface area contributed by atoms with Crippen LogP contribution in [0.15, 0.2) is 46.2 Å². The fourth-order valence-electron chi connectivity index (χ4n) is 2.79. The standard InChI is InChI=1S/C18H18Cl2N2O4S2/c1-27-17-3-2-15(11-16(17)18(23)22-4-6-26-7-5-22)28(24,25)21-14-9-12(19)8-13(20)10-14/h2-3,8-11,21H,4-7H2,1H3. The minimum atomic E-state index is -3.93. The lowest BCUT2D eigenvalue weighted by molar-refractivity contribution is 0.0300. The lowest BCUT2D eigenvalue weighted by atomic mass is 10.2. The fourth-order valence-corrected chi connectivity index (χ4v) is 4.95. The van der Waals surface area contributed by atoms with E-state index < -0.39 is 10.0 Å². The number of ether oxygens (including phenoxy) is 1. The fraction of sp³-hybridized carbons (Fsp3) is 0.278. The van der Waals surface area contributed by atoms with Gasteiger partial charge in [-0.1, -0.05) is 23.2 Å². The van der Waals surface area contributed by atoms with Gasteiger partial charge in [-0.05, 0) is 42.7 Å². The summed E-state index contributed by atoms with van der Waals surface area (Å²) in [7, 11) is -3.93. The van der Waals surface area contributed by atoms with Crippen molar-refractivity contribution in [3.8, 4) is 0 Å². The van der Waals surface area contributed by atoms with Crippen molar-refractivity contribution in [1.29, 1.82) is 0 Å². The summed E-state index contributed by atoms with van der Waals surface area (Å²) >= 11 is 13.3. The molecule has 2 aromatic carbocycles. The molecule has 10 heteroatoms. The molecule has 6 nitrogen and oxygen atoms in total. The molecule has 28 heavy (non-hydrogen) atoms. The Morgan fingerprint density at radius 3 is 2.36 bits per heavy atom. The Hall–Kier alpha value is -1.45. The van der Waals surface area contributed by atoms with Crippen LogP contribution in [0.2, 0.25) is 10.0 Å². The largest absolute Gasteiger partial charge is 0.378 e. The number of anilines is 1. The average Bonchev–Trinajstić information content (AvgIpc) is 2.66. The van der Waals surface area contributed by atoms with E-state index in [0.717, 1.165) is 0 Å². The van der Waals surface area contributed by atoms with E-state index in [1.54, 1.807) is 11.0 Å². The molecule has 0 aromatic heterocycles. The maximum atomic E-state index is 12.9. The lowest BCUT2D eigenvalue weighted by Crippen LogP contribution is -2.40. The second-order valence-corrected chi connectivity index (χ2v) is 9.43. The zero-order valence-electron chi connectivity index (χ0n) is 14.9. The van der Waals surface area contributed by atoms with E-state index in [-0.39, 0.29) is 16.5 Å². The van der Waals surface area contributed by atoms with Gasteiger partial charge >= 0.3 is 0 Å². The molecule has 0 saturated carbocycles. The molecule has 0 aliphatic carbocycles. The number of rotatable bonds is 5. The number of sulfonamides is 1. The van der Waals surface area contributed by atoms with Crippen LogP contribution >= 0.6 is 35.0 Å². The van der Waals surface area contributed by atoms with Gasteiger partial charge in [0.25, 0.3) is 15.9 Å². The first kappa shape index (κ1) is 21.3. The number of hydrogen-bond donors (Lipinski definition) is 1. The molecule has 1 aliphatic heterocycles. The van der Waals surface area contributed by atoms with Crippen LogP contribution in [-0.4, -0.2) is 51.8 Å². The summed E-state index contributed by atoms with van der Waals surface area (Å²) in [6.07, 6.45) is 1.84. The van der Waals surface area contributed by atoms with Crippen molar-refractivity contribution >= 4 is 56.6 Å². The number of thioether (sulfide) groups is 1. The second kappa shape index (κ2) is 8.92. The topological polar surface area (TPSA) is 75.7 Å². The number of hydrogen-bond acceptors (Lipinski definition) is 5. The highest BCUT2D eigenvalue weighted by Gasteiger charge is 2.24. The molecule has 0 atom stereocenters. The van der Waals surface area contributed by atoms with Gasteiger partial charge in [-0.2, -0.15) is 0 Å². The summed E-state index contributed by atoms with van der Waals surface area (Å²) in [6.45, 7) is 1.89. The van der Waals surface area contributed by atoms with E-state index in [0.29, 0.717) is 46.8 Å². The Balaban J connectivity index is 1.93. The van der Waals surface area contributed by atoms with Crippen LogP contribution < -0.4 is 4.72 Å². The van der Waals surface area contributed by atoms with Gasteiger partial charge in [-0.25, -0.2) is 8.42 Å². The average molecular weight is 461 g/mol. The van der Waals surface area contributed by atoms with E-state index in [4.69, 9.17) is 27.9 Å². The highest BCUT2D eigenvalue weighted by molar-refractivity contribution is 7.98. The molecule has 1 saturated heterocycles. The predicted octanol–water partition coefficient (Wildman–Crippen LogP) is 3.99. The third-order valence-electron chi connectivity index (χ3n) is 4.12. The molecule has 2 aromatic rings. The number of benzene rings is 2. The van der Waals surface area contributed by atoms with Crippen LogP contribution in [0.25, 0.3) is 0 Å². The van der Waals surface area contributed by atoms with E-state index in [9.17, 15) is 13.2 Å². The number of nitrogens with zero attached hydrogens (tertiary/aromatic N) is 1. The summed E-state index contributed by atoms with van der Waals surface area (Å²) in [5.41, 5.74) is 0.592. The zero-order chi connectivity index (χ0) is 20.3. The van der Waals surface area contributed by atoms with Crippen molar-refractivity contribution in [2.75, 3.05) is 37.3 Å². The van der Waals surface area contributed by atoms with E-state index in [1.807, 2.05) is 6.26 Å². The first-order valence-corrected chi connectivity index (χ1v) is 11.8. The maximum absolute atomic E-state index is 12.9. The minimum Gasteiger partial charge on any atom is -0.378 e. The highest BCUT2D eigenvalue weighted by atomic mass is 35.5. The molecule has 150 valence electrons. The first-order chi connectivity index (χ1) is 13.3. The van der Waals surface area contributed by atoms with Gasteiger partial charge < -0.3 is 9.64 Å². The zero-order valence-corrected chi connectivity index (χ0v) is 18.1. The van der Waals surface area contributed by atoms with E-state index >= 15 is 0 Å². The molecule has 1 N–H and O–H groups in total. The number of carbonyl (C=O) groups excluding carboxylic acids is 1. The second-order valence-electron chi connectivity index (χ2n) is 6.03. The summed E-state index contributed by atoms with van der Waals surface area (Å²) in [5, 5.41) is 0.622. The van der Waals surface area contributed by atoms with Gasteiger partial charge in [-0.15, -0.1) is 11.8 Å². The Labute approximate surface area is 178 Å². The van der Waals surface area contributed by atoms with Crippen LogP contribution in [0.1, 0.15) is 10.4 Å². The molecule has 1 aliphatic rings. The first-order valence-electron chi connectivity index (χ1n) is 8.34. The lowest BCUT2D eigenvalue weighted by Gasteiger charge is -2.27. The quantitative estimate of drug-likeness (QED) is 0.682. The monoisotopic (exact) mass is 460 g/mol. The molecule has 3 rings (SSSR count). The molecule has 0 unspecified atom stereocenters. The molecular formula is C18H18Cl2N2O4S2. The van der Waals surface area contributed by atoms with Crippen molar-refractivity contribution in [2.24, 2.45) is 0 Å². The van der Waals surface area contributed by atoms with Gasteiger partial charge in [0.15, 0.2) is 0 Å². The Bertz CT molecular complexity index is 973. The van der Waals surface area contributed by atoms with Crippen molar-refractivity contribution in [2.45, 2.75) is 9.79 Å². The Morgan fingerprint density at radius 1 is 1.11 bits per heavy atom. The number of amides is 1. The van der Waals surface area contributed by atoms with Gasteiger partial charge in [0.1, 0.15) is 0 Å². The predicted molar refractivity (Wildman–Crippen MR) is 112 cm³/mol. The van der Waals surface area contributed by atoms with Crippen molar-refractivity contribution in [3.05, 3.63) is 52.0 Å². The SMILES string of the molecule is CSc1ccc(S(=O)(=O)Nc2cc(Cl)cc(Cl)c2)cc1C(=O)N1CCOCC1. The van der Waals surface area contributed by atoms with Crippen LogP contribution in [0, 0.1) is 0 Å². The molecular weight excluding hydrogens is 443 g/mol. The van der Waals surface area contributed by atoms with Crippen molar-refractivity contribution < 1.29 is 17.9 Å². The molecule has 1 amide bonds. The summed E-state index contributed by atoms with van der Waals surface area (Å²) in [6, 6.07) is 8.93. The Morgan fingerprint density at radius 2 is 1.75 bits per heavy atom. The third-order valence-corrected chi connectivity index (χ3v) is 6.74. The molecule has 1 heterocycles. The molecule has 0 radical (unpaired) electrons. The normalized spacial score (nSPS) is 14.8. The molecule has 0 spiro atoms. The van der Waals surface area contributed by atoms with E-state index in [1.165, 1.54) is 42.1 Å². The van der Waals surface area contributed by atoms with Gasteiger partial charge in [0.05, 0.1) is 29.4 Å². The highest BCUT2D eigenvalue weighted by Crippen LogP contribution is 2.28. The van der Waals surface area contributed by atoms with Crippen LogP contribution in [-0.2, 0) is 14.8 Å². The van der Waals surface area contributed by atoms with Gasteiger partial charge in [-0.3, -0.25) is 9.52 Å². The van der Waals surface area contributed by atoms with Crippen molar-refractivity contribution in [3.63, 3.8) is 0 Å². The van der Waals surface area contributed by atoms with Crippen molar-refractivity contribution in [1.82, 2.24) is 4.90 Å². The van der Waals surface area contributed by atoms with Crippen LogP contribution in [0.3, 0.4) is 0 Å². The van der Waals surface area contributed by atoms with Gasteiger partial charge in [0, 0.05) is 28.0 Å².